The maximum Gasteiger partial charge on any atom is 0.246 e. The number of nitrogens with zero attached hydrogens (tertiary/aromatic N) is 1. The molecular formula is C18H33N3O5. The van der Waals surface area contributed by atoms with Crippen molar-refractivity contribution in [3.05, 3.63) is 0 Å². The summed E-state index contributed by atoms with van der Waals surface area (Å²) in [6, 6.07) is -0.582. The monoisotopic (exact) mass is 371 g/mol. The number of rotatable bonds is 9. The third-order valence-corrected chi connectivity index (χ3v) is 4.85. The van der Waals surface area contributed by atoms with Crippen molar-refractivity contribution in [2.24, 2.45) is 17.8 Å². The lowest BCUT2D eigenvalue weighted by Crippen LogP contribution is -2.51. The zero-order valence-corrected chi connectivity index (χ0v) is 16.3. The van der Waals surface area contributed by atoms with E-state index in [0.717, 1.165) is 12.8 Å². The van der Waals surface area contributed by atoms with E-state index in [1.54, 1.807) is 24.4 Å². The highest BCUT2D eigenvalue weighted by atomic mass is 16.5. The number of hydrogen-bond donors (Lipinski definition) is 3. The van der Waals surface area contributed by atoms with Crippen molar-refractivity contribution in [3.8, 4) is 0 Å². The van der Waals surface area contributed by atoms with E-state index >= 15 is 0 Å². The molecule has 0 radical (unpaired) electrons. The third-order valence-electron chi connectivity index (χ3n) is 4.85. The molecule has 0 bridgehead atoms. The molecule has 0 spiro atoms. The van der Waals surface area contributed by atoms with E-state index in [0.29, 0.717) is 32.5 Å². The number of likely N-dealkylation sites (tertiary alicyclic amines) is 1. The number of carbonyl (C=O) groups is 3. The molecule has 150 valence electrons. The summed E-state index contributed by atoms with van der Waals surface area (Å²) in [6.45, 7) is 7.15. The highest BCUT2D eigenvalue weighted by Crippen LogP contribution is 2.22. The molecule has 8 heteroatoms. The van der Waals surface area contributed by atoms with E-state index in [2.05, 4.69) is 5.32 Å². The number of ether oxygens (including phenoxy) is 1. The van der Waals surface area contributed by atoms with Crippen LogP contribution < -0.4 is 10.8 Å². The van der Waals surface area contributed by atoms with Crippen LogP contribution in [0.4, 0.5) is 0 Å². The summed E-state index contributed by atoms with van der Waals surface area (Å²) in [5.41, 5.74) is 1.62. The minimum Gasteiger partial charge on any atom is -0.383 e. The van der Waals surface area contributed by atoms with E-state index in [1.165, 1.54) is 0 Å². The SMILES string of the molecule is COCCN1CCCC[C@H](NC(=O)[C@@H](CC(C)C)[C@H](C)C(=O)NO)C1=O. The van der Waals surface area contributed by atoms with Gasteiger partial charge in [0.1, 0.15) is 6.04 Å². The van der Waals surface area contributed by atoms with E-state index in [4.69, 9.17) is 9.94 Å². The normalized spacial score (nSPS) is 20.5. The van der Waals surface area contributed by atoms with Gasteiger partial charge >= 0.3 is 0 Å². The Bertz CT molecular complexity index is 483. The quantitative estimate of drug-likeness (QED) is 0.413. The minimum absolute atomic E-state index is 0.101. The second kappa shape index (κ2) is 11.1. The first kappa shape index (κ1) is 22.4. The second-order valence-corrected chi connectivity index (χ2v) is 7.38. The van der Waals surface area contributed by atoms with E-state index in [1.807, 2.05) is 13.8 Å². The molecule has 1 rings (SSSR count). The van der Waals surface area contributed by atoms with Gasteiger partial charge in [0.15, 0.2) is 0 Å². The molecule has 1 saturated heterocycles. The van der Waals surface area contributed by atoms with Gasteiger partial charge in [0.05, 0.1) is 6.61 Å². The largest absolute Gasteiger partial charge is 0.383 e. The van der Waals surface area contributed by atoms with E-state index in [-0.39, 0.29) is 17.7 Å². The van der Waals surface area contributed by atoms with Crippen LogP contribution in [0.15, 0.2) is 0 Å². The number of nitrogens with one attached hydrogen (secondary N) is 2. The van der Waals surface area contributed by atoms with Crippen molar-refractivity contribution < 1.29 is 24.3 Å². The Balaban J connectivity index is 2.84. The molecule has 8 nitrogen and oxygen atoms in total. The highest BCUT2D eigenvalue weighted by Gasteiger charge is 2.34. The molecule has 1 heterocycles. The van der Waals surface area contributed by atoms with Crippen LogP contribution in [0.2, 0.25) is 0 Å². The van der Waals surface area contributed by atoms with E-state index < -0.39 is 23.8 Å². The van der Waals surface area contributed by atoms with Gasteiger partial charge in [-0.05, 0) is 31.6 Å². The fourth-order valence-electron chi connectivity index (χ4n) is 3.27. The van der Waals surface area contributed by atoms with Crippen LogP contribution in [0.25, 0.3) is 0 Å². The standard InChI is InChI=1S/C18H33N3O5/c1-12(2)11-14(13(3)16(22)20-25)17(23)19-15-7-5-6-8-21(18(15)24)9-10-26-4/h12-15,25H,5-11H2,1-4H3,(H,19,23)(H,20,22)/t13-,14-,15-/m0/s1. The summed E-state index contributed by atoms with van der Waals surface area (Å²) in [6.07, 6.45) is 2.82. The van der Waals surface area contributed by atoms with Gasteiger partial charge in [-0.2, -0.15) is 0 Å². The second-order valence-electron chi connectivity index (χ2n) is 7.38. The van der Waals surface area contributed by atoms with Crippen LogP contribution >= 0.6 is 0 Å². The van der Waals surface area contributed by atoms with Crippen molar-refractivity contribution in [2.75, 3.05) is 26.8 Å². The fourth-order valence-corrected chi connectivity index (χ4v) is 3.27. The van der Waals surface area contributed by atoms with Gasteiger partial charge in [-0.3, -0.25) is 19.6 Å². The molecule has 26 heavy (non-hydrogen) atoms. The molecule has 0 unspecified atom stereocenters. The van der Waals surface area contributed by atoms with Crippen LogP contribution in [-0.2, 0) is 19.1 Å². The van der Waals surface area contributed by atoms with Gasteiger partial charge in [-0.25, -0.2) is 5.48 Å². The molecule has 0 aliphatic carbocycles. The maximum atomic E-state index is 12.8. The number of hydroxylamine groups is 1. The maximum absolute atomic E-state index is 12.8. The predicted octanol–water partition coefficient (Wildman–Crippen LogP) is 0.934. The molecule has 0 aromatic carbocycles. The third kappa shape index (κ3) is 6.57. The molecule has 3 amide bonds. The van der Waals surface area contributed by atoms with Crippen molar-refractivity contribution in [2.45, 2.75) is 52.5 Å². The predicted molar refractivity (Wildman–Crippen MR) is 96.3 cm³/mol. The molecule has 1 aliphatic heterocycles. The fraction of sp³-hybridized carbons (Fsp3) is 0.833. The lowest BCUT2D eigenvalue weighted by molar-refractivity contribution is -0.142. The van der Waals surface area contributed by atoms with Gasteiger partial charge in [0.2, 0.25) is 17.7 Å². The smallest absolute Gasteiger partial charge is 0.246 e. The van der Waals surface area contributed by atoms with Crippen molar-refractivity contribution >= 4 is 17.7 Å². The Kier molecular flexibility index (Phi) is 9.58. The first-order chi connectivity index (χ1) is 12.3. The number of carbonyl (C=O) groups excluding carboxylic acids is 3. The summed E-state index contributed by atoms with van der Waals surface area (Å²) in [4.78, 5) is 39.1. The van der Waals surface area contributed by atoms with Gasteiger partial charge in [-0.1, -0.05) is 20.8 Å². The molecule has 0 aromatic heterocycles. The first-order valence-electron chi connectivity index (χ1n) is 9.33. The molecule has 1 fully saturated rings. The van der Waals surface area contributed by atoms with Crippen LogP contribution in [0, 0.1) is 17.8 Å². The van der Waals surface area contributed by atoms with E-state index in [9.17, 15) is 14.4 Å². The summed E-state index contributed by atoms with van der Waals surface area (Å²) in [7, 11) is 1.59. The Morgan fingerprint density at radius 3 is 2.54 bits per heavy atom. The van der Waals surface area contributed by atoms with Gasteiger partial charge < -0.3 is 15.0 Å². The average molecular weight is 371 g/mol. The Morgan fingerprint density at radius 2 is 1.96 bits per heavy atom. The average Bonchev–Trinajstić information content (AvgIpc) is 2.78. The minimum atomic E-state index is -0.687. The van der Waals surface area contributed by atoms with Crippen LogP contribution in [-0.4, -0.2) is 60.7 Å². The summed E-state index contributed by atoms with van der Waals surface area (Å²) >= 11 is 0. The van der Waals surface area contributed by atoms with Gasteiger partial charge in [0, 0.05) is 32.0 Å². The molecule has 1 aliphatic rings. The summed E-state index contributed by atoms with van der Waals surface area (Å²) < 4.78 is 5.05. The number of amides is 3. The van der Waals surface area contributed by atoms with Crippen molar-refractivity contribution in [3.63, 3.8) is 0 Å². The van der Waals surface area contributed by atoms with Gasteiger partial charge in [0.25, 0.3) is 0 Å². The van der Waals surface area contributed by atoms with Crippen LogP contribution in [0.1, 0.15) is 46.5 Å². The zero-order valence-electron chi connectivity index (χ0n) is 16.3. The number of methoxy groups -OCH3 is 1. The lowest BCUT2D eigenvalue weighted by atomic mass is 9.85. The lowest BCUT2D eigenvalue weighted by Gasteiger charge is -2.28. The van der Waals surface area contributed by atoms with Gasteiger partial charge in [-0.15, -0.1) is 0 Å². The summed E-state index contributed by atoms with van der Waals surface area (Å²) in [5, 5.41) is 11.7. The Hall–Kier alpha value is -1.67. The van der Waals surface area contributed by atoms with Crippen LogP contribution in [0.3, 0.4) is 0 Å². The highest BCUT2D eigenvalue weighted by molar-refractivity contribution is 5.91. The number of hydrogen-bond acceptors (Lipinski definition) is 5. The van der Waals surface area contributed by atoms with Crippen molar-refractivity contribution in [1.29, 1.82) is 0 Å². The summed E-state index contributed by atoms with van der Waals surface area (Å²) in [5.74, 6) is -2.11. The molecule has 0 saturated carbocycles. The molecule has 3 atom stereocenters. The molecular weight excluding hydrogens is 338 g/mol. The topological polar surface area (TPSA) is 108 Å². The Labute approximate surface area is 155 Å². The molecule has 3 N–H and O–H groups in total. The molecule has 0 aromatic rings. The Morgan fingerprint density at radius 1 is 1.27 bits per heavy atom. The zero-order chi connectivity index (χ0) is 19.7. The first-order valence-corrected chi connectivity index (χ1v) is 9.33. The van der Waals surface area contributed by atoms with Crippen molar-refractivity contribution in [1.82, 2.24) is 15.7 Å². The van der Waals surface area contributed by atoms with Crippen LogP contribution in [0.5, 0.6) is 0 Å².